The van der Waals surface area contributed by atoms with E-state index in [1.165, 1.54) is 12.1 Å². The first kappa shape index (κ1) is 29.0. The molecule has 0 bridgehead atoms. The molecule has 0 saturated carbocycles. The molecule has 4 heterocycles. The molecule has 0 spiro atoms. The summed E-state index contributed by atoms with van der Waals surface area (Å²) in [6, 6.07) is 22.1. The number of hydrogen-bond acceptors (Lipinski definition) is 8. The number of H-pyrrole nitrogens is 2. The molecule has 46 heavy (non-hydrogen) atoms. The van der Waals surface area contributed by atoms with Gasteiger partial charge in [-0.25, -0.2) is 17.8 Å². The van der Waals surface area contributed by atoms with E-state index >= 15 is 0 Å². The van der Waals surface area contributed by atoms with Gasteiger partial charge in [0.05, 0.1) is 28.6 Å². The van der Waals surface area contributed by atoms with Gasteiger partial charge in [0.2, 0.25) is 0 Å². The Morgan fingerprint density at radius 3 is 2.54 bits per heavy atom. The molecule has 13 heteroatoms. The second-order valence-electron chi connectivity index (χ2n) is 10.8. The fourth-order valence-corrected chi connectivity index (χ4v) is 5.88. The van der Waals surface area contributed by atoms with Gasteiger partial charge >= 0.3 is 0 Å². The molecule has 3 aromatic carbocycles. The Labute approximate surface area is 261 Å². The molecule has 7 rings (SSSR count). The summed E-state index contributed by atoms with van der Waals surface area (Å²) in [5.41, 5.74) is 11.8. The van der Waals surface area contributed by atoms with E-state index < -0.39 is 21.0 Å². The smallest absolute Gasteiger partial charge is 0.255 e. The number of aromatic amines is 2. The number of carbonyl (C=O) groups excluding carboxylic acids is 1. The number of fused-ring (bicyclic) bond motifs is 2. The number of halogens is 1. The van der Waals surface area contributed by atoms with Crippen LogP contribution in [0.25, 0.3) is 55.8 Å². The average molecular weight is 633 g/mol. The minimum absolute atomic E-state index is 0.107. The van der Waals surface area contributed by atoms with Crippen molar-refractivity contribution in [2.75, 3.05) is 11.6 Å². The lowest BCUT2D eigenvalue weighted by Gasteiger charge is -2.12. The molecule has 1 unspecified atom stereocenters. The maximum Gasteiger partial charge on any atom is 0.255 e. The molecule has 0 fully saturated rings. The van der Waals surface area contributed by atoms with Crippen LogP contribution in [0, 0.1) is 5.82 Å². The SMILES string of the molecule is CS(=O)(=O)C(N)c1cc(F)cc(-c2nccc3[nH]c(-c4n[nH]c5ccc(-c6cncc(NC(=O)c7ccccc7)c6)cc45)nc23)c1. The van der Waals surface area contributed by atoms with Crippen LogP contribution in [0.5, 0.6) is 0 Å². The number of anilines is 1. The van der Waals surface area contributed by atoms with Gasteiger partial charge in [-0.05, 0) is 65.7 Å². The van der Waals surface area contributed by atoms with Gasteiger partial charge < -0.3 is 16.0 Å². The van der Waals surface area contributed by atoms with Crippen LogP contribution in [0.2, 0.25) is 0 Å². The Hall–Kier alpha value is -5.79. The lowest BCUT2D eigenvalue weighted by atomic mass is 10.0. The van der Waals surface area contributed by atoms with E-state index in [4.69, 9.17) is 10.7 Å². The summed E-state index contributed by atoms with van der Waals surface area (Å²) in [4.78, 5) is 29.5. The number of nitrogens with two attached hydrogens (primary N) is 1. The number of nitrogens with one attached hydrogen (secondary N) is 3. The van der Waals surface area contributed by atoms with Gasteiger partial charge in [-0.2, -0.15) is 5.10 Å². The van der Waals surface area contributed by atoms with Gasteiger partial charge in [-0.15, -0.1) is 0 Å². The normalized spacial score (nSPS) is 12.4. The minimum atomic E-state index is -3.67. The largest absolute Gasteiger partial charge is 0.336 e. The zero-order chi connectivity index (χ0) is 32.0. The highest BCUT2D eigenvalue weighted by Gasteiger charge is 2.22. The van der Waals surface area contributed by atoms with Crippen LogP contribution in [0.4, 0.5) is 10.1 Å². The Balaban J connectivity index is 1.25. The number of benzene rings is 3. The van der Waals surface area contributed by atoms with Crippen LogP contribution in [0.3, 0.4) is 0 Å². The van der Waals surface area contributed by atoms with E-state index in [0.29, 0.717) is 45.1 Å². The summed E-state index contributed by atoms with van der Waals surface area (Å²) >= 11 is 0. The number of hydrogen-bond donors (Lipinski definition) is 4. The highest BCUT2D eigenvalue weighted by atomic mass is 32.2. The molecule has 7 aromatic rings. The zero-order valence-electron chi connectivity index (χ0n) is 24.2. The number of nitrogens with zero attached hydrogens (tertiary/aromatic N) is 4. The van der Waals surface area contributed by atoms with Crippen LogP contribution in [-0.2, 0) is 9.84 Å². The summed E-state index contributed by atoms with van der Waals surface area (Å²) < 4.78 is 38.8. The number of carbonyl (C=O) groups is 1. The third kappa shape index (κ3) is 5.49. The van der Waals surface area contributed by atoms with Crippen LogP contribution >= 0.6 is 0 Å². The fourth-order valence-electron chi connectivity index (χ4n) is 5.25. The van der Waals surface area contributed by atoms with Crippen molar-refractivity contribution in [1.29, 1.82) is 0 Å². The third-order valence-corrected chi connectivity index (χ3v) is 8.73. The molecule has 1 amide bonds. The average Bonchev–Trinajstić information content (AvgIpc) is 3.68. The van der Waals surface area contributed by atoms with Gasteiger partial charge in [0.15, 0.2) is 15.7 Å². The highest BCUT2D eigenvalue weighted by molar-refractivity contribution is 7.90. The number of sulfone groups is 1. The Bertz CT molecular complexity index is 2390. The van der Waals surface area contributed by atoms with E-state index in [1.54, 1.807) is 48.9 Å². The lowest BCUT2D eigenvalue weighted by molar-refractivity contribution is 0.102. The quantitative estimate of drug-likeness (QED) is 0.175. The van der Waals surface area contributed by atoms with Crippen LogP contribution < -0.4 is 11.1 Å². The second-order valence-corrected chi connectivity index (χ2v) is 12.9. The number of pyridine rings is 2. The van der Waals surface area contributed by atoms with Crippen molar-refractivity contribution in [2.24, 2.45) is 5.73 Å². The van der Waals surface area contributed by atoms with Crippen molar-refractivity contribution >= 4 is 43.4 Å². The van der Waals surface area contributed by atoms with Gasteiger partial charge in [0.25, 0.3) is 5.91 Å². The molecule has 1 atom stereocenters. The molecule has 0 aliphatic rings. The Kier molecular flexibility index (Phi) is 7.11. The number of imidazole rings is 1. The van der Waals surface area contributed by atoms with Gasteiger partial charge in [-0.1, -0.05) is 24.3 Å². The van der Waals surface area contributed by atoms with E-state index in [0.717, 1.165) is 34.4 Å². The predicted molar refractivity (Wildman–Crippen MR) is 174 cm³/mol. The molecule has 0 radical (unpaired) electrons. The third-order valence-electron chi connectivity index (χ3n) is 7.54. The van der Waals surface area contributed by atoms with Crippen molar-refractivity contribution in [3.63, 3.8) is 0 Å². The highest BCUT2D eigenvalue weighted by Crippen LogP contribution is 2.34. The second kappa shape index (κ2) is 11.3. The Morgan fingerprint density at radius 2 is 1.74 bits per heavy atom. The molecule has 5 N–H and O–H groups in total. The van der Waals surface area contributed by atoms with Crippen molar-refractivity contribution < 1.29 is 17.6 Å². The van der Waals surface area contributed by atoms with Crippen molar-refractivity contribution in [2.45, 2.75) is 5.37 Å². The number of aromatic nitrogens is 6. The van der Waals surface area contributed by atoms with Gasteiger partial charge in [0, 0.05) is 40.7 Å². The van der Waals surface area contributed by atoms with Gasteiger partial charge in [-0.3, -0.25) is 19.9 Å². The molecule has 0 aliphatic heterocycles. The van der Waals surface area contributed by atoms with Crippen molar-refractivity contribution in [3.8, 4) is 33.9 Å². The minimum Gasteiger partial charge on any atom is -0.336 e. The van der Waals surface area contributed by atoms with E-state index in [9.17, 15) is 17.6 Å². The van der Waals surface area contributed by atoms with Crippen molar-refractivity contribution in [3.05, 3.63) is 114 Å². The summed E-state index contributed by atoms with van der Waals surface area (Å²) in [5.74, 6) is -0.442. The first-order valence-corrected chi connectivity index (χ1v) is 16.0. The van der Waals surface area contributed by atoms with E-state index in [-0.39, 0.29) is 11.5 Å². The summed E-state index contributed by atoms with van der Waals surface area (Å²) in [6.45, 7) is 0. The molecule has 11 nitrogen and oxygen atoms in total. The molecular weight excluding hydrogens is 607 g/mol. The molecular formula is C33H25FN8O3S. The predicted octanol–water partition coefficient (Wildman–Crippen LogP) is 5.62. The summed E-state index contributed by atoms with van der Waals surface area (Å²) in [5, 5.41) is 9.82. The topological polar surface area (TPSA) is 172 Å². The molecule has 4 aromatic heterocycles. The first-order chi connectivity index (χ1) is 22.1. The molecule has 0 saturated heterocycles. The monoisotopic (exact) mass is 632 g/mol. The zero-order valence-corrected chi connectivity index (χ0v) is 25.0. The number of amides is 1. The summed E-state index contributed by atoms with van der Waals surface area (Å²) in [6.07, 6.45) is 5.85. The first-order valence-electron chi connectivity index (χ1n) is 14.0. The molecule has 0 aliphatic carbocycles. The number of rotatable bonds is 7. The molecule has 228 valence electrons. The standard InChI is InChI=1S/C33H25FN8O3S/c1-46(44,45)31(35)21-11-20(12-23(34)13-21)28-30-27(9-10-37-28)39-32(40-30)29-25-15-19(7-8-26(25)41-42-29)22-14-24(17-36-16-22)38-33(43)18-5-3-2-4-6-18/h2-17,31H,35H2,1H3,(H,38,43)(H,39,40)(H,41,42). The van der Waals surface area contributed by atoms with Crippen LogP contribution in [-0.4, -0.2) is 50.7 Å². The van der Waals surface area contributed by atoms with Crippen molar-refractivity contribution in [1.82, 2.24) is 30.1 Å². The van der Waals surface area contributed by atoms with E-state index in [1.807, 2.05) is 30.3 Å². The van der Waals surface area contributed by atoms with E-state index in [2.05, 4.69) is 30.5 Å². The lowest BCUT2D eigenvalue weighted by Crippen LogP contribution is -2.20. The van der Waals surface area contributed by atoms with Crippen LogP contribution in [0.15, 0.2) is 97.5 Å². The van der Waals surface area contributed by atoms with Crippen LogP contribution in [0.1, 0.15) is 21.3 Å². The fraction of sp³-hybridized carbons (Fsp3) is 0.0606. The maximum atomic E-state index is 14.7. The van der Waals surface area contributed by atoms with Gasteiger partial charge in [0.1, 0.15) is 22.4 Å². The maximum absolute atomic E-state index is 14.7. The Morgan fingerprint density at radius 1 is 0.913 bits per heavy atom. The summed E-state index contributed by atoms with van der Waals surface area (Å²) in [7, 11) is -3.67.